The monoisotopic (exact) mass is 132 g/mol. The van der Waals surface area contributed by atoms with Crippen LogP contribution in [0.5, 0.6) is 0 Å². The van der Waals surface area contributed by atoms with Gasteiger partial charge in [0.15, 0.2) is 0 Å². The van der Waals surface area contributed by atoms with Gasteiger partial charge in [0.1, 0.15) is 0 Å². The summed E-state index contributed by atoms with van der Waals surface area (Å²) in [5.41, 5.74) is -0.608. The van der Waals surface area contributed by atoms with E-state index < -0.39 is 24.9 Å². The zero-order valence-electron chi connectivity index (χ0n) is 11.2. The fraction of sp³-hybridized carbons (Fsp3) is 1.00. The normalized spacial score (nSPS) is 50.6. The maximum absolute atomic E-state index is 7.73. The van der Waals surface area contributed by atoms with E-state index in [2.05, 4.69) is 0 Å². The molecule has 0 radical (unpaired) electrons. The Labute approximate surface area is 65.1 Å². The predicted molar refractivity (Wildman–Crippen MR) is 40.6 cm³/mol. The van der Waals surface area contributed by atoms with Crippen molar-refractivity contribution in [2.75, 3.05) is 13.0 Å². The van der Waals surface area contributed by atoms with Gasteiger partial charge in [-0.05, 0) is 46.6 Å². The Morgan fingerprint density at radius 3 is 2.22 bits per heavy atom. The van der Waals surface area contributed by atoms with Gasteiger partial charge in [-0.2, -0.15) is 0 Å². The summed E-state index contributed by atoms with van der Waals surface area (Å²) in [6.45, 7) is 1.68. The first-order valence-electron chi connectivity index (χ1n) is 5.80. The number of nitrogens with zero attached hydrogens (tertiary/aromatic N) is 1. The molecule has 0 amide bonds. The lowest BCUT2D eigenvalue weighted by Crippen LogP contribution is -2.38. The van der Waals surface area contributed by atoms with E-state index in [1.165, 1.54) is 4.90 Å². The highest BCUT2D eigenvalue weighted by atomic mass is 15.2. The van der Waals surface area contributed by atoms with E-state index in [4.69, 9.17) is 6.85 Å². The summed E-state index contributed by atoms with van der Waals surface area (Å²) >= 11 is 0. The molecule has 0 aliphatic carbocycles. The second kappa shape index (κ2) is 2.30. The van der Waals surface area contributed by atoms with Crippen molar-refractivity contribution < 1.29 is 6.85 Å². The fourth-order valence-electron chi connectivity index (χ4n) is 0.750. The second-order valence-electron chi connectivity index (χ2n) is 3.20. The minimum Gasteiger partial charge on any atom is -0.298 e. The van der Waals surface area contributed by atoms with Crippen LogP contribution in [-0.2, 0) is 0 Å². The third-order valence-corrected chi connectivity index (χ3v) is 1.24. The van der Waals surface area contributed by atoms with Crippen molar-refractivity contribution in [3.05, 3.63) is 0 Å². The van der Waals surface area contributed by atoms with Crippen LogP contribution < -0.4 is 0 Å². The van der Waals surface area contributed by atoms with E-state index in [1.807, 2.05) is 0 Å². The molecule has 0 bridgehead atoms. The maximum Gasteiger partial charge on any atom is 0.0431 e. The highest BCUT2D eigenvalue weighted by Crippen LogP contribution is 2.19. The summed E-state index contributed by atoms with van der Waals surface area (Å²) in [5.74, 6) is 0. The molecule has 0 N–H and O–H groups in total. The van der Waals surface area contributed by atoms with Gasteiger partial charge in [0.2, 0.25) is 0 Å². The van der Waals surface area contributed by atoms with Crippen molar-refractivity contribution in [2.24, 2.45) is 0 Å². The van der Waals surface area contributed by atoms with E-state index >= 15 is 0 Å². The van der Waals surface area contributed by atoms with Crippen molar-refractivity contribution in [1.29, 1.82) is 0 Å². The van der Waals surface area contributed by atoms with Crippen molar-refractivity contribution >= 4 is 0 Å². The van der Waals surface area contributed by atoms with Crippen LogP contribution in [0.25, 0.3) is 0 Å². The van der Waals surface area contributed by atoms with E-state index in [0.29, 0.717) is 0 Å². The first-order valence-corrected chi connectivity index (χ1v) is 3.22. The average molecular weight is 132 g/mol. The van der Waals surface area contributed by atoms with Crippen molar-refractivity contribution in [3.8, 4) is 0 Å². The molecule has 0 aromatic rings. The molecule has 1 heterocycles. The molecule has 54 valence electrons. The van der Waals surface area contributed by atoms with Gasteiger partial charge in [-0.1, -0.05) is 0 Å². The van der Waals surface area contributed by atoms with Crippen LogP contribution in [0.4, 0.5) is 0 Å². The molecule has 0 aromatic heterocycles. The van der Waals surface area contributed by atoms with Gasteiger partial charge < -0.3 is 0 Å². The van der Waals surface area contributed by atoms with Gasteiger partial charge >= 0.3 is 0 Å². The molecule has 0 saturated carbocycles. The zero-order valence-corrected chi connectivity index (χ0v) is 6.23. The van der Waals surface area contributed by atoms with Gasteiger partial charge in [0.25, 0.3) is 0 Å². The predicted octanol–water partition coefficient (Wildman–Crippen LogP) is 1.88. The number of rotatable bonds is 0. The Morgan fingerprint density at radius 2 is 2.00 bits per heavy atom. The molecule has 1 heteroatoms. The van der Waals surface area contributed by atoms with Crippen molar-refractivity contribution in [1.82, 2.24) is 4.90 Å². The minimum atomic E-state index is -1.89. The lowest BCUT2D eigenvalue weighted by Gasteiger charge is -2.31. The van der Waals surface area contributed by atoms with Crippen molar-refractivity contribution in [3.63, 3.8) is 0 Å². The highest BCUT2D eigenvalue weighted by molar-refractivity contribution is 4.79. The molecule has 1 fully saturated rings. The maximum atomic E-state index is 7.73. The summed E-state index contributed by atoms with van der Waals surface area (Å²) < 4.78 is 38.4. The molecule has 1 aliphatic rings. The molecule has 1 saturated heterocycles. The molecule has 1 aliphatic heterocycles. The topological polar surface area (TPSA) is 3.24 Å². The van der Waals surface area contributed by atoms with Crippen LogP contribution in [0.1, 0.15) is 40.4 Å². The SMILES string of the molecule is [2H]C1CC([2H])([2H])N(C(C)(C)C)C1([2H])[2H]. The smallest absolute Gasteiger partial charge is 0.0431 e. The fourth-order valence-corrected chi connectivity index (χ4v) is 0.750. The van der Waals surface area contributed by atoms with E-state index in [-0.39, 0.29) is 6.42 Å². The molecule has 0 spiro atoms. The Bertz CT molecular complexity index is 232. The quantitative estimate of drug-likeness (QED) is 0.486. The van der Waals surface area contributed by atoms with E-state index in [0.717, 1.165) is 0 Å². The van der Waals surface area contributed by atoms with Gasteiger partial charge in [-0.3, -0.25) is 4.90 Å². The number of hydrogen-bond acceptors (Lipinski definition) is 1. The van der Waals surface area contributed by atoms with E-state index in [9.17, 15) is 0 Å². The highest BCUT2D eigenvalue weighted by Gasteiger charge is 2.23. The Hall–Kier alpha value is -0.0400. The number of hydrogen-bond donors (Lipinski definition) is 0. The Balaban J connectivity index is 3.12. The molecule has 1 rings (SSSR count). The summed E-state index contributed by atoms with van der Waals surface area (Å²) in [4.78, 5) is 1.17. The van der Waals surface area contributed by atoms with Crippen LogP contribution in [0.15, 0.2) is 0 Å². The average Bonchev–Trinajstić information content (AvgIpc) is 1.93. The molecular weight excluding hydrogens is 110 g/mol. The van der Waals surface area contributed by atoms with Crippen LogP contribution in [0.3, 0.4) is 0 Å². The first kappa shape index (κ1) is 2.91. The lowest BCUT2D eigenvalue weighted by atomic mass is 10.1. The number of likely N-dealkylation sites (tertiary alicyclic amines) is 1. The first-order chi connectivity index (χ1) is 5.99. The summed E-state index contributed by atoms with van der Waals surface area (Å²) in [7, 11) is 0. The van der Waals surface area contributed by atoms with Gasteiger partial charge in [-0.15, -0.1) is 0 Å². The van der Waals surface area contributed by atoms with Gasteiger partial charge in [-0.25, -0.2) is 0 Å². The van der Waals surface area contributed by atoms with Gasteiger partial charge in [0, 0.05) is 12.4 Å². The van der Waals surface area contributed by atoms with E-state index in [1.54, 1.807) is 20.8 Å². The summed E-state index contributed by atoms with van der Waals surface area (Å²) in [6, 6.07) is 0. The largest absolute Gasteiger partial charge is 0.298 e. The zero-order chi connectivity index (χ0) is 11.4. The molecule has 1 atom stereocenters. The van der Waals surface area contributed by atoms with Crippen LogP contribution in [0.2, 0.25) is 0 Å². The lowest BCUT2D eigenvalue weighted by molar-refractivity contribution is 0.175. The molecule has 1 nitrogen and oxygen atoms in total. The van der Waals surface area contributed by atoms with Crippen LogP contribution in [0, 0.1) is 0 Å². The van der Waals surface area contributed by atoms with Crippen LogP contribution >= 0.6 is 0 Å². The standard InChI is InChI=1S/C8H17N/c1-8(2,3)9-6-4-5-7-9/h4-7H2,1-3H3/i4D,6D2,7D2. The summed E-state index contributed by atoms with van der Waals surface area (Å²) in [5, 5.41) is 0. The minimum absolute atomic E-state index is 0.0722. The molecule has 9 heavy (non-hydrogen) atoms. The summed E-state index contributed by atoms with van der Waals surface area (Å²) in [6.07, 6.45) is -1.09. The molecular formula is C8H17N. The third kappa shape index (κ3) is 1.68. The Kier molecular flexibility index (Phi) is 0.743. The third-order valence-electron chi connectivity index (χ3n) is 1.24. The second-order valence-corrected chi connectivity index (χ2v) is 3.20. The Morgan fingerprint density at radius 1 is 1.33 bits per heavy atom. The molecule has 0 aromatic carbocycles. The molecule has 1 unspecified atom stereocenters. The van der Waals surface area contributed by atoms with Gasteiger partial charge in [0.05, 0.1) is 0 Å². The van der Waals surface area contributed by atoms with Crippen molar-refractivity contribution in [2.45, 2.75) is 39.1 Å². The van der Waals surface area contributed by atoms with Crippen LogP contribution in [-0.4, -0.2) is 23.4 Å².